The van der Waals surface area contributed by atoms with Gasteiger partial charge in [0, 0.05) is 23.6 Å². The van der Waals surface area contributed by atoms with Crippen molar-refractivity contribution in [2.24, 2.45) is 0 Å². The van der Waals surface area contributed by atoms with Crippen molar-refractivity contribution >= 4 is 11.8 Å². The van der Waals surface area contributed by atoms with Gasteiger partial charge in [-0.3, -0.25) is 0 Å². The number of nitrogens with one attached hydrogen (secondary N) is 1. The third-order valence-corrected chi connectivity index (χ3v) is 3.98. The lowest BCUT2D eigenvalue weighted by molar-refractivity contribution is 0.383. The normalized spacial score (nSPS) is 40.8. The van der Waals surface area contributed by atoms with Crippen LogP contribution in [0.15, 0.2) is 0 Å². The van der Waals surface area contributed by atoms with Crippen LogP contribution in [0.1, 0.15) is 25.7 Å². The molecule has 2 aliphatic rings. The van der Waals surface area contributed by atoms with Gasteiger partial charge in [0.1, 0.15) is 0 Å². The summed E-state index contributed by atoms with van der Waals surface area (Å²) in [4.78, 5) is 0. The van der Waals surface area contributed by atoms with Gasteiger partial charge in [-0.05, 0) is 12.8 Å². The van der Waals surface area contributed by atoms with Crippen molar-refractivity contribution in [1.82, 2.24) is 5.32 Å². The number of fused-ring (bicyclic) bond motifs is 1. The first-order valence-electron chi connectivity index (χ1n) is 4.32. The predicted molar refractivity (Wildman–Crippen MR) is 46.5 cm³/mol. The molecule has 0 unspecified atom stereocenters. The molecule has 1 aliphatic carbocycles. The maximum Gasteiger partial charge on any atom is 0.0201 e. The van der Waals surface area contributed by atoms with E-state index >= 15 is 0 Å². The minimum atomic E-state index is 0.868. The average Bonchev–Trinajstić information content (AvgIpc) is 2.05. The zero-order valence-electron chi connectivity index (χ0n) is 6.31. The van der Waals surface area contributed by atoms with Crippen LogP contribution in [0, 0.1) is 0 Å². The molecule has 0 spiro atoms. The molecule has 2 heteroatoms. The Bertz CT molecular complexity index is 89.8. The maximum absolute atomic E-state index is 3.60. The fourth-order valence-electron chi connectivity index (χ4n) is 1.98. The highest BCUT2D eigenvalue weighted by molar-refractivity contribution is 8.00. The van der Waals surface area contributed by atoms with Gasteiger partial charge >= 0.3 is 0 Å². The van der Waals surface area contributed by atoms with E-state index in [0.717, 1.165) is 11.3 Å². The van der Waals surface area contributed by atoms with Gasteiger partial charge in [0.05, 0.1) is 0 Å². The molecule has 2 atom stereocenters. The monoisotopic (exact) mass is 157 g/mol. The standard InChI is InChI=1S/C8H15NS/c1-2-4-8-7(3-1)9-5-6-10-8/h7-9H,1-6H2/t7-,8+/m1/s1. The fourth-order valence-corrected chi connectivity index (χ4v) is 3.32. The number of hydrogen-bond donors (Lipinski definition) is 1. The van der Waals surface area contributed by atoms with Crippen molar-refractivity contribution in [2.75, 3.05) is 12.3 Å². The van der Waals surface area contributed by atoms with Crippen molar-refractivity contribution in [3.8, 4) is 0 Å². The second kappa shape index (κ2) is 3.14. The van der Waals surface area contributed by atoms with Gasteiger partial charge in [-0.1, -0.05) is 12.8 Å². The molecule has 2 rings (SSSR count). The number of thioether (sulfide) groups is 1. The van der Waals surface area contributed by atoms with Crippen LogP contribution in [-0.4, -0.2) is 23.6 Å². The zero-order chi connectivity index (χ0) is 6.81. The Morgan fingerprint density at radius 1 is 1.20 bits per heavy atom. The molecule has 1 saturated heterocycles. The molecule has 0 aromatic carbocycles. The summed E-state index contributed by atoms with van der Waals surface area (Å²) in [7, 11) is 0. The van der Waals surface area contributed by atoms with Gasteiger partial charge in [0.2, 0.25) is 0 Å². The fraction of sp³-hybridized carbons (Fsp3) is 1.00. The third kappa shape index (κ3) is 1.32. The highest BCUT2D eigenvalue weighted by atomic mass is 32.2. The van der Waals surface area contributed by atoms with Gasteiger partial charge < -0.3 is 5.32 Å². The molecular weight excluding hydrogens is 142 g/mol. The Morgan fingerprint density at radius 2 is 2.10 bits per heavy atom. The molecule has 0 aromatic heterocycles. The lowest BCUT2D eigenvalue weighted by Crippen LogP contribution is -2.45. The van der Waals surface area contributed by atoms with Gasteiger partial charge in [-0.25, -0.2) is 0 Å². The summed E-state index contributed by atoms with van der Waals surface area (Å²) >= 11 is 2.18. The molecule has 1 aliphatic heterocycles. The summed E-state index contributed by atoms with van der Waals surface area (Å²) in [5, 5.41) is 4.56. The Morgan fingerprint density at radius 3 is 3.00 bits per heavy atom. The van der Waals surface area contributed by atoms with Crippen LogP contribution in [0.4, 0.5) is 0 Å². The summed E-state index contributed by atoms with van der Waals surface area (Å²) in [5.41, 5.74) is 0. The predicted octanol–water partition coefficient (Wildman–Crippen LogP) is 1.63. The van der Waals surface area contributed by atoms with E-state index in [1.165, 1.54) is 38.0 Å². The quantitative estimate of drug-likeness (QED) is 0.573. The van der Waals surface area contributed by atoms with Gasteiger partial charge in [-0.2, -0.15) is 11.8 Å². The van der Waals surface area contributed by atoms with Crippen molar-refractivity contribution in [3.05, 3.63) is 0 Å². The molecular formula is C8H15NS. The van der Waals surface area contributed by atoms with Gasteiger partial charge in [0.25, 0.3) is 0 Å². The Balaban J connectivity index is 1.93. The van der Waals surface area contributed by atoms with Crippen LogP contribution in [0.25, 0.3) is 0 Å². The molecule has 1 nitrogen and oxygen atoms in total. The van der Waals surface area contributed by atoms with E-state index in [9.17, 15) is 0 Å². The van der Waals surface area contributed by atoms with Gasteiger partial charge in [0.15, 0.2) is 0 Å². The van der Waals surface area contributed by atoms with Crippen molar-refractivity contribution in [2.45, 2.75) is 37.0 Å². The van der Waals surface area contributed by atoms with Crippen LogP contribution >= 0.6 is 11.8 Å². The van der Waals surface area contributed by atoms with E-state index in [2.05, 4.69) is 17.1 Å². The lowest BCUT2D eigenvalue weighted by Gasteiger charge is -2.35. The highest BCUT2D eigenvalue weighted by Crippen LogP contribution is 2.30. The SMILES string of the molecule is C1CC[C@H]2NCCS[C@H]2C1. The van der Waals surface area contributed by atoms with Crippen LogP contribution in [0.5, 0.6) is 0 Å². The van der Waals surface area contributed by atoms with E-state index in [1.807, 2.05) is 0 Å². The average molecular weight is 157 g/mol. The van der Waals surface area contributed by atoms with Crippen LogP contribution < -0.4 is 5.32 Å². The molecule has 0 aromatic rings. The van der Waals surface area contributed by atoms with Crippen LogP contribution in [-0.2, 0) is 0 Å². The number of hydrogen-bond acceptors (Lipinski definition) is 2. The number of rotatable bonds is 0. The molecule has 58 valence electrons. The first kappa shape index (κ1) is 6.99. The molecule has 1 heterocycles. The minimum absolute atomic E-state index is 0.868. The van der Waals surface area contributed by atoms with Crippen LogP contribution in [0.2, 0.25) is 0 Å². The van der Waals surface area contributed by atoms with Crippen molar-refractivity contribution in [1.29, 1.82) is 0 Å². The molecule has 0 radical (unpaired) electrons. The Kier molecular flexibility index (Phi) is 2.19. The molecule has 0 amide bonds. The molecule has 2 fully saturated rings. The van der Waals surface area contributed by atoms with E-state index in [4.69, 9.17) is 0 Å². The van der Waals surface area contributed by atoms with Crippen LogP contribution in [0.3, 0.4) is 0 Å². The summed E-state index contributed by atoms with van der Waals surface area (Å²) in [6.07, 6.45) is 5.81. The Hall–Kier alpha value is 0.310. The molecule has 1 N–H and O–H groups in total. The van der Waals surface area contributed by atoms with E-state index in [-0.39, 0.29) is 0 Å². The largest absolute Gasteiger partial charge is 0.312 e. The third-order valence-electron chi connectivity index (χ3n) is 2.54. The smallest absolute Gasteiger partial charge is 0.0201 e. The summed E-state index contributed by atoms with van der Waals surface area (Å²) in [6.45, 7) is 1.24. The second-order valence-electron chi connectivity index (χ2n) is 3.25. The highest BCUT2D eigenvalue weighted by Gasteiger charge is 2.27. The van der Waals surface area contributed by atoms with Crippen molar-refractivity contribution in [3.63, 3.8) is 0 Å². The topological polar surface area (TPSA) is 12.0 Å². The first-order valence-corrected chi connectivity index (χ1v) is 5.37. The molecule has 1 saturated carbocycles. The Labute approximate surface area is 67.0 Å². The van der Waals surface area contributed by atoms with E-state index in [1.54, 1.807) is 0 Å². The molecule has 0 bridgehead atoms. The first-order chi connectivity index (χ1) is 4.97. The molecule has 10 heavy (non-hydrogen) atoms. The summed E-state index contributed by atoms with van der Waals surface area (Å²) in [5.74, 6) is 1.33. The van der Waals surface area contributed by atoms with E-state index < -0.39 is 0 Å². The van der Waals surface area contributed by atoms with Crippen molar-refractivity contribution < 1.29 is 0 Å². The maximum atomic E-state index is 3.60. The van der Waals surface area contributed by atoms with E-state index in [0.29, 0.717) is 0 Å². The summed E-state index contributed by atoms with van der Waals surface area (Å²) < 4.78 is 0. The van der Waals surface area contributed by atoms with Gasteiger partial charge in [-0.15, -0.1) is 0 Å². The lowest BCUT2D eigenvalue weighted by atomic mass is 9.95. The summed E-state index contributed by atoms with van der Waals surface area (Å²) in [6, 6.07) is 0.868. The zero-order valence-corrected chi connectivity index (χ0v) is 7.12. The minimum Gasteiger partial charge on any atom is -0.312 e. The second-order valence-corrected chi connectivity index (χ2v) is 4.60.